The molecule has 2 fully saturated rings. The predicted molar refractivity (Wildman–Crippen MR) is 248 cm³/mol. The first-order valence-electron chi connectivity index (χ1n) is 21.3. The molecule has 0 saturated carbocycles. The van der Waals surface area contributed by atoms with Gasteiger partial charge in [-0.1, -0.05) is 24.3 Å². The van der Waals surface area contributed by atoms with Crippen LogP contribution in [-0.2, 0) is 33.9 Å². The topological polar surface area (TPSA) is 136 Å². The summed E-state index contributed by atoms with van der Waals surface area (Å²) in [7, 11) is 1.91. The van der Waals surface area contributed by atoms with E-state index < -0.39 is 0 Å². The Labute approximate surface area is 370 Å². The molecule has 6 aromatic rings. The molecule has 3 aliphatic rings. The Balaban J connectivity index is 0.839. The van der Waals surface area contributed by atoms with Gasteiger partial charge in [0.25, 0.3) is 11.8 Å². The van der Waals surface area contributed by atoms with Gasteiger partial charge in [0, 0.05) is 107 Å². The van der Waals surface area contributed by atoms with E-state index >= 15 is 0 Å². The van der Waals surface area contributed by atoms with Gasteiger partial charge in [-0.15, -0.1) is 4.18 Å². The second-order valence-corrected chi connectivity index (χ2v) is 17.8. The molecule has 2 saturated heterocycles. The van der Waals surface area contributed by atoms with E-state index in [1.807, 2.05) is 66.5 Å². The van der Waals surface area contributed by atoms with Crippen LogP contribution in [0.5, 0.6) is 11.5 Å². The summed E-state index contributed by atoms with van der Waals surface area (Å²) in [5.74, 6) is 1.37. The number of aromatic nitrogens is 2. The highest BCUT2D eigenvalue weighted by Gasteiger charge is 2.33. The molecule has 0 radical (unpaired) electrons. The first-order chi connectivity index (χ1) is 30.5. The third-order valence-corrected chi connectivity index (χ3v) is 13.5. The van der Waals surface area contributed by atoms with Gasteiger partial charge in [0.15, 0.2) is 23.7 Å². The second kappa shape index (κ2) is 19.6. The maximum atomic E-state index is 13.8. The van der Waals surface area contributed by atoms with Crippen molar-refractivity contribution >= 4 is 63.3 Å². The normalized spacial score (nSPS) is 17.1. The standard InChI is InChI=1S/C47H52N8O5S2/c1-48-43-25-40(7-9-42(43)50-26-32-11-19-58-20-12-32)62-59-31-52-46(56)41-8-6-37(24-44(41)60-39-23-34-10-14-49-45(34)51-27-39)54-17-15-53(16-18-54)29-38-22-33-4-2-3-5-35(33)28-55(38)47(57)36-13-21-61-30-36/h2-10,13-14,21,23-25,27,30,32,38,48,50H,11-12,15-20,22,26,28-29,31H2,1H3,(H,49,51)(H,52,56)/p+1/t38-/m0/s1. The number of nitrogens with one attached hydrogen (secondary N) is 4. The Morgan fingerprint density at radius 3 is 2.65 bits per heavy atom. The molecule has 3 aliphatic heterocycles. The van der Waals surface area contributed by atoms with E-state index in [0.29, 0.717) is 41.6 Å². The molecule has 13 nitrogen and oxygen atoms in total. The van der Waals surface area contributed by atoms with E-state index in [-0.39, 0.29) is 24.6 Å². The molecule has 0 aliphatic carbocycles. The molecule has 62 heavy (non-hydrogen) atoms. The summed E-state index contributed by atoms with van der Waals surface area (Å²) in [6.07, 6.45) is 6.49. The van der Waals surface area contributed by atoms with Crippen molar-refractivity contribution in [3.05, 3.63) is 124 Å². The fourth-order valence-corrected chi connectivity index (χ4v) is 9.79. The molecule has 4 N–H and O–H groups in total. The summed E-state index contributed by atoms with van der Waals surface area (Å²) in [5.41, 5.74) is 7.47. The van der Waals surface area contributed by atoms with E-state index in [4.69, 9.17) is 13.7 Å². The van der Waals surface area contributed by atoms with Crippen LogP contribution in [0.15, 0.2) is 107 Å². The summed E-state index contributed by atoms with van der Waals surface area (Å²) in [4.78, 5) is 42.9. The molecule has 9 rings (SSSR count). The largest absolute Gasteiger partial charge is 0.455 e. The van der Waals surface area contributed by atoms with Crippen molar-refractivity contribution in [2.75, 3.05) is 81.8 Å². The number of thiol groups is 1. The minimum absolute atomic E-state index is 0.0158. The summed E-state index contributed by atoms with van der Waals surface area (Å²) in [5, 5.41) is 14.6. The molecular weight excluding hydrogens is 821 g/mol. The summed E-state index contributed by atoms with van der Waals surface area (Å²) >= 11 is 2.18. The van der Waals surface area contributed by atoms with Crippen LogP contribution >= 0.6 is 11.3 Å². The number of benzene rings is 3. The molecule has 0 bridgehead atoms. The Morgan fingerprint density at radius 1 is 0.968 bits per heavy atom. The number of pyridine rings is 1. The average Bonchev–Trinajstić information content (AvgIpc) is 4.03. The molecule has 1 atom stereocenters. The second-order valence-electron chi connectivity index (χ2n) is 16.0. The third kappa shape index (κ3) is 9.87. The van der Waals surface area contributed by atoms with E-state index in [2.05, 4.69) is 77.0 Å². The highest BCUT2D eigenvalue weighted by atomic mass is 32.2. The van der Waals surface area contributed by atoms with Crippen molar-refractivity contribution in [2.45, 2.75) is 36.7 Å². The third-order valence-electron chi connectivity index (χ3n) is 12.1. The molecule has 0 unspecified atom stereocenters. The van der Waals surface area contributed by atoms with Crippen LogP contribution < -0.4 is 25.6 Å². The lowest BCUT2D eigenvalue weighted by Gasteiger charge is -2.42. The molecule has 6 heterocycles. The van der Waals surface area contributed by atoms with Gasteiger partial charge in [0.2, 0.25) is 0 Å². The number of rotatable bonds is 15. The van der Waals surface area contributed by atoms with Gasteiger partial charge >= 0.3 is 0 Å². The maximum Gasteiger partial charge on any atom is 0.256 e. The number of carbonyl (C=O) groups excluding carboxylic acids is 2. The van der Waals surface area contributed by atoms with Crippen molar-refractivity contribution in [1.82, 2.24) is 25.1 Å². The number of aromatic amines is 1. The Bertz CT molecular complexity index is 2470. The summed E-state index contributed by atoms with van der Waals surface area (Å²) < 4.78 is 17.9. The molecule has 3 aromatic carbocycles. The van der Waals surface area contributed by atoms with Crippen LogP contribution in [0.25, 0.3) is 11.0 Å². The molecule has 0 spiro atoms. The first-order valence-corrected chi connectivity index (χ1v) is 23.1. The van der Waals surface area contributed by atoms with E-state index in [1.165, 1.54) is 11.1 Å². The number of carbonyl (C=O) groups is 2. The lowest BCUT2D eigenvalue weighted by atomic mass is 9.93. The molecule has 15 heteroatoms. The van der Waals surface area contributed by atoms with Crippen LogP contribution in [0, 0.1) is 5.92 Å². The number of hydrogen-bond donors (Lipinski definition) is 4. The monoisotopic (exact) mass is 873 g/mol. The number of thiophene rings is 1. The van der Waals surface area contributed by atoms with E-state index in [9.17, 15) is 9.59 Å². The van der Waals surface area contributed by atoms with Crippen LogP contribution in [0.2, 0.25) is 0 Å². The number of hydrogen-bond acceptors (Lipinski definition) is 11. The lowest BCUT2D eigenvalue weighted by molar-refractivity contribution is 0.0576. The van der Waals surface area contributed by atoms with Crippen LogP contribution in [0.3, 0.4) is 0 Å². The highest BCUT2D eigenvalue weighted by molar-refractivity contribution is 7.73. The molecule has 322 valence electrons. The number of fused-ring (bicyclic) bond motifs is 2. The highest BCUT2D eigenvalue weighted by Crippen LogP contribution is 2.33. The zero-order chi connectivity index (χ0) is 42.3. The number of H-pyrrole nitrogens is 1. The number of amides is 2. The van der Waals surface area contributed by atoms with Gasteiger partial charge < -0.3 is 40.2 Å². The smallest absolute Gasteiger partial charge is 0.256 e. The molecule has 2 amide bonds. The molecule has 3 aromatic heterocycles. The van der Waals surface area contributed by atoms with E-state index in [1.54, 1.807) is 17.5 Å². The summed E-state index contributed by atoms with van der Waals surface area (Å²) in [6, 6.07) is 26.3. The zero-order valence-electron chi connectivity index (χ0n) is 34.8. The first kappa shape index (κ1) is 41.8. The van der Waals surface area contributed by atoms with Crippen molar-refractivity contribution in [2.24, 2.45) is 5.92 Å². The molecular formula is C47H53N8O5S2+. The van der Waals surface area contributed by atoms with Gasteiger partial charge in [-0.3, -0.25) is 14.5 Å². The van der Waals surface area contributed by atoms with E-state index in [0.717, 1.165) is 110 Å². The average molecular weight is 874 g/mol. The Hall–Kier alpha value is -5.58. The fraction of sp³-hybridized carbons (Fsp3) is 0.340. The quantitative estimate of drug-likeness (QED) is 0.0364. The predicted octanol–water partition coefficient (Wildman–Crippen LogP) is 7.18. The van der Waals surface area contributed by atoms with Gasteiger partial charge in [-0.2, -0.15) is 11.3 Å². The van der Waals surface area contributed by atoms with Crippen molar-refractivity contribution in [1.29, 1.82) is 0 Å². The number of ether oxygens (including phenoxy) is 2. The van der Waals surface area contributed by atoms with Gasteiger partial charge in [-0.05, 0) is 84.2 Å². The fourth-order valence-electron chi connectivity index (χ4n) is 8.56. The maximum absolute atomic E-state index is 13.8. The van der Waals surface area contributed by atoms with Gasteiger partial charge in [-0.25, -0.2) is 4.98 Å². The lowest BCUT2D eigenvalue weighted by Crippen LogP contribution is -2.54. The Morgan fingerprint density at radius 2 is 1.82 bits per heavy atom. The number of nitrogens with zero attached hydrogens (tertiary/aromatic N) is 4. The van der Waals surface area contributed by atoms with Crippen LogP contribution in [0.1, 0.15) is 44.7 Å². The van der Waals surface area contributed by atoms with Gasteiger partial charge in [0.05, 0.1) is 28.7 Å². The van der Waals surface area contributed by atoms with Crippen LogP contribution in [0.4, 0.5) is 17.1 Å². The number of piperazine rings is 1. The van der Waals surface area contributed by atoms with Crippen molar-refractivity contribution in [3.8, 4) is 11.5 Å². The number of anilines is 3. The minimum atomic E-state index is -0.304. The minimum Gasteiger partial charge on any atom is -0.455 e. The SMILES string of the molecule is CNc1cc([SH+]OCNC(=O)c2ccc(N3CCN(C[C@@H]4Cc5ccccc5CN4C(=O)c4ccsc4)CC3)cc2Oc2cnc3[nH]ccc3c2)ccc1NCC1CCOCC1. The van der Waals surface area contributed by atoms with Crippen molar-refractivity contribution in [3.63, 3.8) is 0 Å². The van der Waals surface area contributed by atoms with Crippen molar-refractivity contribution < 1.29 is 23.2 Å². The summed E-state index contributed by atoms with van der Waals surface area (Å²) in [6.45, 7) is 7.27. The Kier molecular flexibility index (Phi) is 13.2. The van der Waals surface area contributed by atoms with Gasteiger partial charge in [0.1, 0.15) is 17.1 Å². The zero-order valence-corrected chi connectivity index (χ0v) is 36.6. The van der Waals surface area contributed by atoms with Crippen LogP contribution in [-0.4, -0.2) is 104 Å².